The van der Waals surface area contributed by atoms with Crippen molar-refractivity contribution in [2.45, 2.75) is 158 Å². The molecule has 3 aliphatic heterocycles. The van der Waals surface area contributed by atoms with Gasteiger partial charge in [-0.2, -0.15) is 0 Å². The molecular formula is C49H76N12O15S2. The Bertz CT molecular complexity index is 2300. The number of amides is 10. The average Bonchev–Trinajstić information content (AvgIpc) is 4.12. The minimum absolute atomic E-state index is 0.0385. The van der Waals surface area contributed by atoms with Gasteiger partial charge in [0.25, 0.3) is 0 Å². The lowest BCUT2D eigenvalue weighted by Gasteiger charge is -2.35. The minimum Gasteiger partial charge on any atom is -0.508 e. The number of nitrogens with one attached hydrogen (secondary N) is 7. The first-order chi connectivity index (χ1) is 37.0. The molecule has 0 aliphatic carbocycles. The number of hydrogen-bond donors (Lipinski definition) is 14. The zero-order chi connectivity index (χ0) is 57.8. The van der Waals surface area contributed by atoms with Crippen LogP contribution in [0.5, 0.6) is 5.75 Å². The van der Waals surface area contributed by atoms with Crippen LogP contribution in [-0.4, -0.2) is 200 Å². The van der Waals surface area contributed by atoms with Crippen LogP contribution in [0.2, 0.25) is 0 Å². The third-order valence-electron chi connectivity index (χ3n) is 13.7. The summed E-state index contributed by atoms with van der Waals surface area (Å²) in [6.45, 7) is 4.10. The molecule has 4 rings (SSSR count). The molecule has 1 aromatic rings. The van der Waals surface area contributed by atoms with Gasteiger partial charge in [-0.1, -0.05) is 54.0 Å². The number of aliphatic hydroxyl groups is 2. The van der Waals surface area contributed by atoms with Crippen LogP contribution in [-0.2, 0) is 59.2 Å². The van der Waals surface area contributed by atoms with Crippen molar-refractivity contribution in [2.24, 2.45) is 23.1 Å². The zero-order valence-electron chi connectivity index (χ0n) is 44.0. The standard InChI is InChI=1S/C49H76N12O15S2/c1-4-25(2)38-48(74)61-20-8-11-36(61)47(73)60-19-7-10-35(60)45(71)53-31(16-17-37(52)65)42(68)57-34(44(70)55-32(49(75)76)21-27-12-14-28(64)15-13-27)24-78-77-23-29(51)40(66)59-39(26(3)63)46(72)54-30(9-5-6-18-50)41(67)56-33(22-62)43(69)58-38/h12-15,25-26,29-36,38-39,62-64H,4-11,16-24,50-51H2,1-3H3,(H2,52,65)(H,53,71)(H,54,72)(H,55,70)(H,56,67)(H,57,68)(H,58,69)(H,59,66)(H,75,76)/t25-,26+,29-,30-,31-,32-,33-,34-,35-,36-,38-,39-/m0/s1. The zero-order valence-corrected chi connectivity index (χ0v) is 45.6. The molecule has 0 aromatic heterocycles. The van der Waals surface area contributed by atoms with E-state index in [9.17, 15) is 73.2 Å². The lowest BCUT2D eigenvalue weighted by atomic mass is 9.96. The van der Waals surface area contributed by atoms with E-state index in [0.717, 1.165) is 21.6 Å². The maximum absolute atomic E-state index is 14.5. The first-order valence-electron chi connectivity index (χ1n) is 26.0. The van der Waals surface area contributed by atoms with Gasteiger partial charge in [-0.25, -0.2) is 4.79 Å². The van der Waals surface area contributed by atoms with Crippen LogP contribution < -0.4 is 54.4 Å². The number of carboxylic acid groups (broad SMARTS) is 1. The lowest BCUT2D eigenvalue weighted by molar-refractivity contribution is -0.149. The van der Waals surface area contributed by atoms with Gasteiger partial charge in [0.05, 0.1) is 18.8 Å². The highest BCUT2D eigenvalue weighted by atomic mass is 33.1. The largest absolute Gasteiger partial charge is 0.508 e. The first-order valence-corrected chi connectivity index (χ1v) is 28.5. The number of nitrogens with zero attached hydrogens (tertiary/aromatic N) is 2. The van der Waals surface area contributed by atoms with Crippen LogP contribution in [0.4, 0.5) is 0 Å². The summed E-state index contributed by atoms with van der Waals surface area (Å²) in [5.74, 6) is -11.3. The Morgan fingerprint density at radius 1 is 0.731 bits per heavy atom. The van der Waals surface area contributed by atoms with Crippen molar-refractivity contribution >= 4 is 86.6 Å². The van der Waals surface area contributed by atoms with Crippen molar-refractivity contribution in [1.82, 2.24) is 47.0 Å². The first kappa shape index (κ1) is 64.3. The number of carbonyl (C=O) groups is 11. The number of carbonyl (C=O) groups excluding carboxylic acids is 10. The molecule has 78 heavy (non-hydrogen) atoms. The molecule has 10 amide bonds. The predicted molar refractivity (Wildman–Crippen MR) is 285 cm³/mol. The number of phenolic OH excluding ortho intramolecular Hbond substituents is 1. The molecule has 0 bridgehead atoms. The number of primary amides is 1. The van der Waals surface area contributed by atoms with Crippen LogP contribution in [0.1, 0.15) is 90.5 Å². The molecule has 1 aromatic carbocycles. The molecule has 3 fully saturated rings. The monoisotopic (exact) mass is 1140 g/mol. The van der Waals surface area contributed by atoms with Crippen molar-refractivity contribution in [2.75, 3.05) is 37.7 Å². The second-order valence-electron chi connectivity index (χ2n) is 19.6. The van der Waals surface area contributed by atoms with Gasteiger partial charge in [-0.15, -0.1) is 0 Å². The Morgan fingerprint density at radius 2 is 1.29 bits per heavy atom. The third kappa shape index (κ3) is 18.7. The fourth-order valence-corrected chi connectivity index (χ4v) is 11.3. The number of aliphatic carboxylic acids is 1. The summed E-state index contributed by atoms with van der Waals surface area (Å²) in [7, 11) is 1.84. The van der Waals surface area contributed by atoms with Crippen LogP contribution in [0.3, 0.4) is 0 Å². The molecule has 12 atom stereocenters. The number of hydrogen-bond acceptors (Lipinski definition) is 18. The second kappa shape index (κ2) is 31.4. The lowest BCUT2D eigenvalue weighted by Crippen LogP contribution is -2.62. The summed E-state index contributed by atoms with van der Waals surface area (Å²) >= 11 is 0. The minimum atomic E-state index is -1.69. The van der Waals surface area contributed by atoms with E-state index in [4.69, 9.17) is 17.2 Å². The number of nitrogens with two attached hydrogens (primary N) is 3. The molecule has 29 heteroatoms. The molecule has 3 aliphatic rings. The molecule has 3 saturated heterocycles. The van der Waals surface area contributed by atoms with Crippen LogP contribution in [0.15, 0.2) is 24.3 Å². The smallest absolute Gasteiger partial charge is 0.326 e. The molecule has 0 saturated carbocycles. The molecule has 0 unspecified atom stereocenters. The molecule has 434 valence electrons. The van der Waals surface area contributed by atoms with Crippen molar-refractivity contribution in [3.8, 4) is 5.75 Å². The number of fused-ring (bicyclic) bond motifs is 2. The predicted octanol–water partition coefficient (Wildman–Crippen LogP) is -4.07. The van der Waals surface area contributed by atoms with E-state index in [0.29, 0.717) is 37.7 Å². The number of carboxylic acids is 1. The highest BCUT2D eigenvalue weighted by molar-refractivity contribution is 8.76. The van der Waals surface area contributed by atoms with Gasteiger partial charge in [0, 0.05) is 37.4 Å². The van der Waals surface area contributed by atoms with Gasteiger partial charge >= 0.3 is 5.97 Å². The van der Waals surface area contributed by atoms with Crippen molar-refractivity contribution < 1.29 is 73.2 Å². The van der Waals surface area contributed by atoms with E-state index in [1.165, 1.54) is 41.0 Å². The summed E-state index contributed by atoms with van der Waals surface area (Å²) in [6.07, 6.45) is -0.542. The van der Waals surface area contributed by atoms with E-state index in [1.54, 1.807) is 13.8 Å². The van der Waals surface area contributed by atoms with E-state index < -0.39 is 151 Å². The van der Waals surface area contributed by atoms with E-state index in [1.807, 2.05) is 0 Å². The van der Waals surface area contributed by atoms with Gasteiger partial charge in [0.2, 0.25) is 59.1 Å². The number of aromatic hydroxyl groups is 1. The Kier molecular flexibility index (Phi) is 25.8. The molecule has 27 nitrogen and oxygen atoms in total. The Morgan fingerprint density at radius 3 is 1.90 bits per heavy atom. The normalized spacial score (nSPS) is 27.1. The Hall–Kier alpha value is -6.27. The van der Waals surface area contributed by atoms with Gasteiger partial charge in [0.15, 0.2) is 0 Å². The third-order valence-corrected chi connectivity index (χ3v) is 16.2. The van der Waals surface area contributed by atoms with E-state index in [2.05, 4.69) is 37.2 Å². The van der Waals surface area contributed by atoms with Crippen molar-refractivity contribution in [1.29, 1.82) is 0 Å². The molecule has 17 N–H and O–H groups in total. The highest BCUT2D eigenvalue weighted by Gasteiger charge is 2.45. The van der Waals surface area contributed by atoms with Gasteiger partial charge in [0.1, 0.15) is 60.1 Å². The number of benzene rings is 1. The Balaban J connectivity index is 1.74. The van der Waals surface area contributed by atoms with Gasteiger partial charge in [-0.05, 0) is 88.4 Å². The highest BCUT2D eigenvalue weighted by Crippen LogP contribution is 2.28. The molecule has 3 heterocycles. The number of phenols is 1. The summed E-state index contributed by atoms with van der Waals surface area (Å²) in [5.41, 5.74) is 17.8. The summed E-state index contributed by atoms with van der Waals surface area (Å²) in [6, 6.07) is -8.78. The molecular weight excluding hydrogens is 1060 g/mol. The topological polar surface area (TPSA) is 437 Å². The number of rotatable bonds is 16. The summed E-state index contributed by atoms with van der Waals surface area (Å²) in [5, 5.41) is 58.5. The Labute approximate surface area is 459 Å². The second-order valence-corrected chi connectivity index (χ2v) is 22.2. The van der Waals surface area contributed by atoms with Gasteiger partial charge in [-0.3, -0.25) is 47.9 Å². The van der Waals surface area contributed by atoms with Crippen LogP contribution in [0, 0.1) is 5.92 Å². The molecule has 0 radical (unpaired) electrons. The van der Waals surface area contributed by atoms with Crippen molar-refractivity contribution in [3.63, 3.8) is 0 Å². The van der Waals surface area contributed by atoms with Crippen molar-refractivity contribution in [3.05, 3.63) is 29.8 Å². The fourth-order valence-electron chi connectivity index (χ4n) is 8.98. The van der Waals surface area contributed by atoms with Crippen LogP contribution in [0.25, 0.3) is 0 Å². The quantitative estimate of drug-likeness (QED) is 0.0553. The number of aliphatic hydroxyl groups excluding tert-OH is 2. The summed E-state index contributed by atoms with van der Waals surface area (Å²) in [4.78, 5) is 154. The van der Waals surface area contributed by atoms with E-state index in [-0.39, 0.29) is 69.0 Å². The van der Waals surface area contributed by atoms with E-state index >= 15 is 0 Å². The number of unbranched alkanes of at least 4 members (excludes halogenated alkanes) is 1. The van der Waals surface area contributed by atoms with Gasteiger partial charge < -0.3 is 84.6 Å². The SMILES string of the molecule is CC[C@H](C)[C@@H]1NC(=O)[C@H](CO)NC(=O)[C@H](CCCCN)NC(=O)[C@H]([C@@H](C)O)NC(=O)[C@@H](N)CSSC[C@@H](C(=O)N[C@@H](Cc2ccc(O)cc2)C(=O)O)NC(=O)[C@H](CCC(N)=O)NC(=O)[C@@H]2CCCN2C(=O)[C@@H]2CCCN2C1=O. The average molecular weight is 1140 g/mol. The summed E-state index contributed by atoms with van der Waals surface area (Å²) < 4.78 is 0. The fraction of sp³-hybridized carbons (Fsp3) is 0.653. The maximum atomic E-state index is 14.5. The molecule has 0 spiro atoms. The van der Waals surface area contributed by atoms with Crippen LogP contribution >= 0.6 is 21.6 Å². The maximum Gasteiger partial charge on any atom is 0.326 e.